The molecule has 7 rings (SSSR count). The summed E-state index contributed by atoms with van der Waals surface area (Å²) >= 11 is 0. The average molecular weight is 605 g/mol. The molecule has 230 valence electrons. The van der Waals surface area contributed by atoms with Gasteiger partial charge in [0, 0.05) is 88.1 Å². The maximum absolute atomic E-state index is 9.83. The molecule has 0 amide bonds. The molecule has 0 spiro atoms. The number of imidazole rings is 1. The third-order valence-corrected chi connectivity index (χ3v) is 8.59. The average Bonchev–Trinajstić information content (AvgIpc) is 3.76. The molecule has 2 saturated heterocycles. The molecule has 7 heterocycles. The van der Waals surface area contributed by atoms with Crippen molar-refractivity contribution in [3.63, 3.8) is 0 Å². The fraction of sp³-hybridized carbons (Fsp3) is 0.364. The summed E-state index contributed by atoms with van der Waals surface area (Å²) in [6.45, 7) is 9.79. The van der Waals surface area contributed by atoms with Crippen LogP contribution in [0.2, 0.25) is 0 Å². The molecule has 0 bridgehead atoms. The van der Waals surface area contributed by atoms with Crippen LogP contribution >= 0.6 is 0 Å². The highest BCUT2D eigenvalue weighted by atomic mass is 16.5. The number of aromatic nitrogens is 6. The highest BCUT2D eigenvalue weighted by Gasteiger charge is 2.20. The zero-order chi connectivity index (χ0) is 30.6. The number of hydrogen-bond donors (Lipinski definition) is 0. The SMILES string of the molecule is COc1ccc(CN2CCN(c3ccc(-c4cc(-c5cnn(CCN6CCOCC6)c5)cc5ncc(C#N)n45)cn3)CC2)cn1. The summed E-state index contributed by atoms with van der Waals surface area (Å²) in [5, 5.41) is 14.5. The van der Waals surface area contributed by atoms with Crippen LogP contribution in [0.4, 0.5) is 5.82 Å². The first-order valence-electron chi connectivity index (χ1n) is 15.3. The van der Waals surface area contributed by atoms with E-state index in [0.29, 0.717) is 17.2 Å². The van der Waals surface area contributed by atoms with E-state index in [9.17, 15) is 5.26 Å². The lowest BCUT2D eigenvalue weighted by Gasteiger charge is -2.35. The second-order valence-corrected chi connectivity index (χ2v) is 11.4. The predicted octanol–water partition coefficient (Wildman–Crippen LogP) is 3.19. The minimum Gasteiger partial charge on any atom is -0.481 e. The van der Waals surface area contributed by atoms with Crippen LogP contribution in [0.5, 0.6) is 5.88 Å². The van der Waals surface area contributed by atoms with Crippen molar-refractivity contribution in [3.8, 4) is 34.3 Å². The molecule has 0 saturated carbocycles. The highest BCUT2D eigenvalue weighted by Crippen LogP contribution is 2.30. The summed E-state index contributed by atoms with van der Waals surface area (Å²) in [6, 6.07) is 14.5. The Labute approximate surface area is 262 Å². The van der Waals surface area contributed by atoms with Gasteiger partial charge in [-0.25, -0.2) is 15.0 Å². The van der Waals surface area contributed by atoms with E-state index >= 15 is 0 Å². The fourth-order valence-corrected chi connectivity index (χ4v) is 6.02. The Balaban J connectivity index is 1.06. The van der Waals surface area contributed by atoms with E-state index in [1.165, 1.54) is 5.56 Å². The maximum atomic E-state index is 9.83. The summed E-state index contributed by atoms with van der Waals surface area (Å²) in [4.78, 5) is 20.9. The Bertz CT molecular complexity index is 1780. The largest absolute Gasteiger partial charge is 0.481 e. The summed E-state index contributed by atoms with van der Waals surface area (Å²) < 4.78 is 14.5. The van der Waals surface area contributed by atoms with Crippen LogP contribution in [0.25, 0.3) is 28.0 Å². The van der Waals surface area contributed by atoms with Gasteiger partial charge in [-0.05, 0) is 35.4 Å². The zero-order valence-electron chi connectivity index (χ0n) is 25.4. The van der Waals surface area contributed by atoms with Gasteiger partial charge >= 0.3 is 0 Å². The van der Waals surface area contributed by atoms with Crippen molar-refractivity contribution in [2.75, 3.05) is 71.0 Å². The van der Waals surface area contributed by atoms with Crippen LogP contribution in [0, 0.1) is 11.3 Å². The minimum atomic E-state index is 0.486. The first kappa shape index (κ1) is 28.9. The van der Waals surface area contributed by atoms with Gasteiger partial charge in [-0.1, -0.05) is 6.07 Å². The first-order chi connectivity index (χ1) is 22.2. The van der Waals surface area contributed by atoms with Crippen LogP contribution in [-0.2, 0) is 17.8 Å². The van der Waals surface area contributed by atoms with Crippen LogP contribution in [0.15, 0.2) is 67.4 Å². The van der Waals surface area contributed by atoms with E-state index < -0.39 is 0 Å². The van der Waals surface area contributed by atoms with Crippen molar-refractivity contribution in [2.24, 2.45) is 0 Å². The summed E-state index contributed by atoms with van der Waals surface area (Å²) in [6.07, 6.45) is 9.38. The molecule has 0 atom stereocenters. The molecule has 2 fully saturated rings. The molecule has 5 aromatic heterocycles. The number of methoxy groups -OCH3 is 1. The standard InChI is InChI=1S/C33H36N10O2/c1-44-33-5-2-25(19-37-33)23-40-6-9-41(10-7-40)31-4-3-26(20-35-31)30-16-27(17-32-36-22-29(18-34)43(30)32)28-21-38-42(24-28)11-8-39-12-14-45-15-13-39/h2-5,16-17,19-22,24H,6-15,23H2,1H3. The van der Waals surface area contributed by atoms with Crippen molar-refractivity contribution in [3.05, 3.63) is 78.6 Å². The fourth-order valence-electron chi connectivity index (χ4n) is 6.02. The van der Waals surface area contributed by atoms with Crippen LogP contribution in [0.3, 0.4) is 0 Å². The maximum Gasteiger partial charge on any atom is 0.212 e. The number of ether oxygens (including phenoxy) is 2. The van der Waals surface area contributed by atoms with Crippen LogP contribution in [-0.4, -0.2) is 105 Å². The van der Waals surface area contributed by atoms with Crippen molar-refractivity contribution < 1.29 is 9.47 Å². The number of nitriles is 1. The van der Waals surface area contributed by atoms with Crippen molar-refractivity contribution in [2.45, 2.75) is 13.1 Å². The van der Waals surface area contributed by atoms with Gasteiger partial charge in [0.2, 0.25) is 5.88 Å². The Kier molecular flexibility index (Phi) is 8.37. The topological polar surface area (TPSA) is 113 Å². The molecule has 0 aromatic carbocycles. The number of anilines is 1. The van der Waals surface area contributed by atoms with Crippen LogP contribution in [0.1, 0.15) is 11.3 Å². The predicted molar refractivity (Wildman–Crippen MR) is 170 cm³/mol. The Hall–Kier alpha value is -4.83. The number of hydrogen-bond acceptors (Lipinski definition) is 10. The van der Waals surface area contributed by atoms with Crippen LogP contribution < -0.4 is 9.64 Å². The van der Waals surface area contributed by atoms with E-state index in [1.807, 2.05) is 39.8 Å². The second-order valence-electron chi connectivity index (χ2n) is 11.4. The van der Waals surface area contributed by atoms with Gasteiger partial charge < -0.3 is 14.4 Å². The summed E-state index contributed by atoms with van der Waals surface area (Å²) in [7, 11) is 1.63. The van der Waals surface area contributed by atoms with Crippen molar-refractivity contribution in [1.29, 1.82) is 5.26 Å². The van der Waals surface area contributed by atoms with E-state index in [1.54, 1.807) is 13.3 Å². The lowest BCUT2D eigenvalue weighted by atomic mass is 10.1. The Morgan fingerprint density at radius 1 is 0.822 bits per heavy atom. The number of morpholine rings is 1. The monoisotopic (exact) mass is 604 g/mol. The normalized spacial score (nSPS) is 16.2. The molecule has 2 aliphatic rings. The molecule has 5 aromatic rings. The molecule has 0 aliphatic carbocycles. The van der Waals surface area contributed by atoms with Crippen molar-refractivity contribution >= 4 is 11.5 Å². The van der Waals surface area contributed by atoms with E-state index in [0.717, 1.165) is 100 Å². The Morgan fingerprint density at radius 3 is 2.42 bits per heavy atom. The van der Waals surface area contributed by atoms with Gasteiger partial charge in [-0.2, -0.15) is 10.4 Å². The first-order valence-corrected chi connectivity index (χ1v) is 15.3. The molecule has 0 unspecified atom stereocenters. The van der Waals surface area contributed by atoms with Gasteiger partial charge in [0.15, 0.2) is 0 Å². The molecule has 12 nitrogen and oxygen atoms in total. The van der Waals surface area contributed by atoms with E-state index in [4.69, 9.17) is 14.5 Å². The van der Waals surface area contributed by atoms with Crippen molar-refractivity contribution in [1.82, 2.24) is 38.9 Å². The minimum absolute atomic E-state index is 0.486. The summed E-state index contributed by atoms with van der Waals surface area (Å²) in [5.74, 6) is 1.58. The highest BCUT2D eigenvalue weighted by molar-refractivity contribution is 5.76. The molecule has 0 radical (unpaired) electrons. The number of piperazine rings is 1. The molecule has 12 heteroatoms. The van der Waals surface area contributed by atoms with Gasteiger partial charge in [0.1, 0.15) is 23.2 Å². The molecule has 45 heavy (non-hydrogen) atoms. The van der Waals surface area contributed by atoms with Gasteiger partial charge in [-0.3, -0.25) is 18.9 Å². The third-order valence-electron chi connectivity index (χ3n) is 8.59. The van der Waals surface area contributed by atoms with E-state index in [2.05, 4.69) is 66.3 Å². The lowest BCUT2D eigenvalue weighted by molar-refractivity contribution is 0.0360. The number of nitrogens with zero attached hydrogens (tertiary/aromatic N) is 10. The molecule has 0 N–H and O–H groups in total. The number of fused-ring (bicyclic) bond motifs is 1. The zero-order valence-corrected chi connectivity index (χ0v) is 25.4. The molecule has 2 aliphatic heterocycles. The lowest BCUT2D eigenvalue weighted by Crippen LogP contribution is -2.46. The van der Waals surface area contributed by atoms with E-state index in [-0.39, 0.29) is 0 Å². The number of pyridine rings is 3. The molecular weight excluding hydrogens is 568 g/mol. The Morgan fingerprint density at radius 2 is 1.69 bits per heavy atom. The van der Waals surface area contributed by atoms with Gasteiger partial charge in [0.25, 0.3) is 0 Å². The van der Waals surface area contributed by atoms with Gasteiger partial charge in [-0.15, -0.1) is 0 Å². The quantitative estimate of drug-likeness (QED) is 0.249. The summed E-state index contributed by atoms with van der Waals surface area (Å²) in [5.41, 5.74) is 6.18. The third kappa shape index (κ3) is 6.37. The van der Waals surface area contributed by atoms with Gasteiger partial charge in [0.05, 0.1) is 45.0 Å². The molecular formula is C33H36N10O2. The number of rotatable bonds is 9. The second kappa shape index (κ2) is 13.0. The smallest absolute Gasteiger partial charge is 0.212 e.